The molecule has 2 aromatic carbocycles. The number of hydrogen-bond acceptors (Lipinski definition) is 6. The number of aromatic nitrogens is 1. The number of anilines is 1. The molecule has 4 aromatic rings. The molecule has 4 rings (SSSR count). The summed E-state index contributed by atoms with van der Waals surface area (Å²) in [6.45, 7) is 0.235. The van der Waals surface area contributed by atoms with Gasteiger partial charge in [-0.3, -0.25) is 9.69 Å². The molecule has 0 aliphatic carbocycles. The maximum atomic E-state index is 13.5. The number of halogens is 1. The van der Waals surface area contributed by atoms with Gasteiger partial charge in [0.15, 0.2) is 5.13 Å². The molecule has 0 fully saturated rings. The Morgan fingerprint density at radius 1 is 1.14 bits per heavy atom. The van der Waals surface area contributed by atoms with Gasteiger partial charge in [-0.05, 0) is 42.5 Å². The fourth-order valence-corrected chi connectivity index (χ4v) is 4.11. The number of carbonyl (C=O) groups excluding carboxylic acids is 1. The Morgan fingerprint density at radius 3 is 2.55 bits per heavy atom. The predicted molar refractivity (Wildman–Crippen MR) is 113 cm³/mol. The highest BCUT2D eigenvalue weighted by Gasteiger charge is 2.24. The van der Waals surface area contributed by atoms with Crippen LogP contribution in [0, 0.1) is 0 Å². The first-order valence-corrected chi connectivity index (χ1v) is 9.90. The Bertz CT molecular complexity index is 1130. The third-order valence-electron chi connectivity index (χ3n) is 4.31. The summed E-state index contributed by atoms with van der Waals surface area (Å²) < 4.78 is 17.0. The molecule has 0 aliphatic rings. The van der Waals surface area contributed by atoms with Crippen molar-refractivity contribution in [1.29, 1.82) is 0 Å². The van der Waals surface area contributed by atoms with E-state index in [1.807, 2.05) is 18.2 Å². The largest absolute Gasteiger partial charge is 0.497 e. The van der Waals surface area contributed by atoms with Crippen molar-refractivity contribution in [2.75, 3.05) is 19.1 Å². The molecule has 0 atom stereocenters. The van der Waals surface area contributed by atoms with Crippen molar-refractivity contribution in [3.63, 3.8) is 0 Å². The molecule has 0 radical (unpaired) electrons. The summed E-state index contributed by atoms with van der Waals surface area (Å²) in [6, 6.07) is 14.1. The molecule has 0 bridgehead atoms. The van der Waals surface area contributed by atoms with Gasteiger partial charge in [-0.15, -0.1) is 0 Å². The van der Waals surface area contributed by atoms with Crippen molar-refractivity contribution in [3.8, 4) is 11.5 Å². The van der Waals surface area contributed by atoms with Crippen LogP contribution >= 0.6 is 22.9 Å². The average Bonchev–Trinajstić information content (AvgIpc) is 3.40. The van der Waals surface area contributed by atoms with Gasteiger partial charge in [0.25, 0.3) is 5.91 Å². The minimum absolute atomic E-state index is 0.235. The van der Waals surface area contributed by atoms with Gasteiger partial charge in [-0.25, -0.2) is 4.98 Å². The van der Waals surface area contributed by atoms with E-state index in [4.69, 9.17) is 25.5 Å². The van der Waals surface area contributed by atoms with E-state index in [0.29, 0.717) is 33.0 Å². The number of ether oxygens (including phenoxy) is 2. The van der Waals surface area contributed by atoms with Crippen LogP contribution in [0.4, 0.5) is 5.13 Å². The standard InChI is InChI=1S/C21H17ClN2O4S/c1-26-16-8-13(9-17(11-16)27-2)20(25)24(12-15-4-3-7-28-15)21-23-18-6-5-14(22)10-19(18)29-21/h3-11H,12H2,1-2H3. The van der Waals surface area contributed by atoms with E-state index in [1.54, 1.807) is 55.7 Å². The molecule has 6 nitrogen and oxygen atoms in total. The lowest BCUT2D eigenvalue weighted by atomic mass is 10.1. The van der Waals surface area contributed by atoms with E-state index in [2.05, 4.69) is 4.98 Å². The molecular formula is C21H17ClN2O4S. The van der Waals surface area contributed by atoms with Gasteiger partial charge in [-0.1, -0.05) is 22.9 Å². The van der Waals surface area contributed by atoms with E-state index in [1.165, 1.54) is 11.3 Å². The zero-order chi connectivity index (χ0) is 20.4. The first-order valence-electron chi connectivity index (χ1n) is 8.71. The van der Waals surface area contributed by atoms with Crippen LogP contribution in [0.15, 0.2) is 59.2 Å². The lowest BCUT2D eigenvalue weighted by Gasteiger charge is -2.19. The van der Waals surface area contributed by atoms with E-state index in [0.717, 1.165) is 10.2 Å². The maximum Gasteiger partial charge on any atom is 0.260 e. The zero-order valence-corrected chi connectivity index (χ0v) is 17.3. The molecule has 2 aromatic heterocycles. The number of methoxy groups -OCH3 is 2. The number of fused-ring (bicyclic) bond motifs is 1. The minimum Gasteiger partial charge on any atom is -0.497 e. The van der Waals surface area contributed by atoms with Gasteiger partial charge in [0.1, 0.15) is 17.3 Å². The van der Waals surface area contributed by atoms with Gasteiger partial charge >= 0.3 is 0 Å². The Kier molecular flexibility index (Phi) is 5.42. The first-order chi connectivity index (χ1) is 14.1. The zero-order valence-electron chi connectivity index (χ0n) is 15.7. The van der Waals surface area contributed by atoms with Crippen LogP contribution in [0.1, 0.15) is 16.1 Å². The number of carbonyl (C=O) groups is 1. The molecule has 8 heteroatoms. The molecule has 1 amide bonds. The molecule has 29 heavy (non-hydrogen) atoms. The fraction of sp³-hybridized carbons (Fsp3) is 0.143. The molecule has 148 valence electrons. The van der Waals surface area contributed by atoms with Crippen LogP contribution in [0.5, 0.6) is 11.5 Å². The van der Waals surface area contributed by atoms with E-state index in [-0.39, 0.29) is 12.5 Å². The van der Waals surface area contributed by atoms with Crippen molar-refractivity contribution in [2.45, 2.75) is 6.54 Å². The van der Waals surface area contributed by atoms with Crippen LogP contribution < -0.4 is 14.4 Å². The number of hydrogen-bond donors (Lipinski definition) is 0. The Morgan fingerprint density at radius 2 is 1.90 bits per heavy atom. The van der Waals surface area contributed by atoms with Crippen molar-refractivity contribution in [2.24, 2.45) is 0 Å². The Hall–Kier alpha value is -3.03. The summed E-state index contributed by atoms with van der Waals surface area (Å²) in [6.07, 6.45) is 1.57. The summed E-state index contributed by atoms with van der Waals surface area (Å²) in [4.78, 5) is 19.7. The maximum absolute atomic E-state index is 13.5. The highest BCUT2D eigenvalue weighted by atomic mass is 35.5. The van der Waals surface area contributed by atoms with E-state index >= 15 is 0 Å². The van der Waals surface area contributed by atoms with Gasteiger partial charge in [0.05, 0.1) is 37.2 Å². The summed E-state index contributed by atoms with van der Waals surface area (Å²) in [5, 5.41) is 1.17. The average molecular weight is 429 g/mol. The van der Waals surface area contributed by atoms with Crippen molar-refractivity contribution >= 4 is 44.2 Å². The van der Waals surface area contributed by atoms with Crippen molar-refractivity contribution in [3.05, 3.63) is 71.1 Å². The van der Waals surface area contributed by atoms with Crippen molar-refractivity contribution < 1.29 is 18.7 Å². The van der Waals surface area contributed by atoms with Gasteiger partial charge in [0.2, 0.25) is 0 Å². The SMILES string of the molecule is COc1cc(OC)cc(C(=O)N(Cc2ccco2)c2nc3ccc(Cl)cc3s2)c1. The molecule has 0 N–H and O–H groups in total. The quantitative estimate of drug-likeness (QED) is 0.411. The lowest BCUT2D eigenvalue weighted by molar-refractivity contribution is 0.0982. The third-order valence-corrected chi connectivity index (χ3v) is 5.58. The van der Waals surface area contributed by atoms with Crippen LogP contribution in [-0.2, 0) is 6.54 Å². The second-order valence-electron chi connectivity index (χ2n) is 6.18. The Balaban J connectivity index is 1.78. The fourth-order valence-electron chi connectivity index (χ4n) is 2.87. The van der Waals surface area contributed by atoms with E-state index < -0.39 is 0 Å². The first kappa shape index (κ1) is 19.3. The number of thiazole rings is 1. The van der Waals surface area contributed by atoms with Crippen LogP contribution in [0.3, 0.4) is 0 Å². The molecule has 0 spiro atoms. The van der Waals surface area contributed by atoms with Gasteiger partial charge < -0.3 is 13.9 Å². The van der Waals surface area contributed by atoms with Gasteiger partial charge in [0, 0.05) is 16.7 Å². The molecule has 0 saturated heterocycles. The number of furan rings is 1. The monoisotopic (exact) mass is 428 g/mol. The number of benzene rings is 2. The highest BCUT2D eigenvalue weighted by molar-refractivity contribution is 7.22. The molecule has 0 saturated carbocycles. The topological polar surface area (TPSA) is 64.8 Å². The highest BCUT2D eigenvalue weighted by Crippen LogP contribution is 2.33. The predicted octanol–water partition coefficient (Wildman–Crippen LogP) is 5.41. The number of rotatable bonds is 6. The normalized spacial score (nSPS) is 10.9. The third kappa shape index (κ3) is 4.06. The van der Waals surface area contributed by atoms with Gasteiger partial charge in [-0.2, -0.15) is 0 Å². The molecule has 0 unspecified atom stereocenters. The summed E-state index contributed by atoms with van der Waals surface area (Å²) >= 11 is 7.49. The number of nitrogens with zero attached hydrogens (tertiary/aromatic N) is 2. The van der Waals surface area contributed by atoms with Crippen LogP contribution in [-0.4, -0.2) is 25.1 Å². The lowest BCUT2D eigenvalue weighted by Crippen LogP contribution is -2.30. The smallest absolute Gasteiger partial charge is 0.260 e. The summed E-state index contributed by atoms with van der Waals surface area (Å²) in [7, 11) is 3.09. The Labute approximate surface area is 176 Å². The molecule has 2 heterocycles. The van der Waals surface area contributed by atoms with Crippen LogP contribution in [0.25, 0.3) is 10.2 Å². The second kappa shape index (κ2) is 8.14. The van der Waals surface area contributed by atoms with E-state index in [9.17, 15) is 4.79 Å². The second-order valence-corrected chi connectivity index (χ2v) is 7.63. The summed E-state index contributed by atoms with van der Waals surface area (Å²) in [5.41, 5.74) is 1.19. The molecular weight excluding hydrogens is 412 g/mol. The van der Waals surface area contributed by atoms with Crippen LogP contribution in [0.2, 0.25) is 5.02 Å². The minimum atomic E-state index is -0.247. The number of amides is 1. The van der Waals surface area contributed by atoms with Crippen molar-refractivity contribution in [1.82, 2.24) is 4.98 Å². The summed E-state index contributed by atoms with van der Waals surface area (Å²) in [5.74, 6) is 1.46. The molecule has 0 aliphatic heterocycles.